The van der Waals surface area contributed by atoms with Crippen LogP contribution >= 0.6 is 0 Å². The third kappa shape index (κ3) is 4.67. The number of carbonyl (C=O) groups excluding carboxylic acids is 2. The number of aromatic hydroxyl groups is 1. The Morgan fingerprint density at radius 3 is 2.50 bits per heavy atom. The number of pyridine rings is 1. The van der Waals surface area contributed by atoms with Gasteiger partial charge in [0, 0.05) is 23.6 Å². The lowest BCUT2D eigenvalue weighted by Gasteiger charge is -2.12. The number of nitrogens with zero attached hydrogens (tertiary/aromatic N) is 2. The number of carboxylic acids is 1. The second-order valence-corrected chi connectivity index (χ2v) is 6.62. The Morgan fingerprint density at radius 2 is 1.80 bits per heavy atom. The first-order chi connectivity index (χ1) is 14.4. The summed E-state index contributed by atoms with van der Waals surface area (Å²) in [4.78, 5) is 40.9. The molecule has 1 aromatic heterocycles. The Hall–Kier alpha value is -4.07. The lowest BCUT2D eigenvalue weighted by Crippen LogP contribution is -2.23. The minimum Gasteiger partial charge on any atom is -0.507 e. The third-order valence-corrected chi connectivity index (χ3v) is 4.59. The first-order valence-corrected chi connectivity index (χ1v) is 9.14. The van der Waals surface area contributed by atoms with E-state index in [9.17, 15) is 19.5 Å². The summed E-state index contributed by atoms with van der Waals surface area (Å²) in [5, 5.41) is 18.9. The fraction of sp³-hybridized carbons (Fsp3) is 0.136. The SMILES string of the molecule is NC(=O)C(CCC(=O)O)c1ccc2ccccc2n1.O=C1N=Cc2c(O)cccc21. The van der Waals surface area contributed by atoms with Crippen LogP contribution in [0.15, 0.2) is 59.6 Å². The Morgan fingerprint density at radius 1 is 1.03 bits per heavy atom. The fourth-order valence-corrected chi connectivity index (χ4v) is 3.05. The number of aliphatic carboxylic acids is 1. The van der Waals surface area contributed by atoms with E-state index < -0.39 is 17.8 Å². The first-order valence-electron chi connectivity index (χ1n) is 9.14. The molecule has 0 saturated carbocycles. The number of carbonyl (C=O) groups is 3. The number of phenols is 1. The number of primary amides is 1. The molecule has 2 heterocycles. The lowest BCUT2D eigenvalue weighted by molar-refractivity contribution is -0.137. The molecule has 30 heavy (non-hydrogen) atoms. The first kappa shape index (κ1) is 20.7. The zero-order valence-electron chi connectivity index (χ0n) is 15.9. The topological polar surface area (TPSA) is 143 Å². The maximum atomic E-state index is 11.4. The van der Waals surface area contributed by atoms with Crippen LogP contribution < -0.4 is 5.73 Å². The summed E-state index contributed by atoms with van der Waals surface area (Å²) in [6, 6.07) is 15.9. The summed E-state index contributed by atoms with van der Waals surface area (Å²) in [7, 11) is 0. The highest BCUT2D eigenvalue weighted by molar-refractivity contribution is 6.14. The van der Waals surface area contributed by atoms with E-state index in [1.54, 1.807) is 18.2 Å². The van der Waals surface area contributed by atoms with Crippen molar-refractivity contribution < 1.29 is 24.6 Å². The zero-order valence-corrected chi connectivity index (χ0v) is 15.9. The smallest absolute Gasteiger partial charge is 0.303 e. The van der Waals surface area contributed by atoms with Crippen LogP contribution in [0.4, 0.5) is 0 Å². The molecule has 1 atom stereocenters. The number of aromatic nitrogens is 1. The Labute approximate surface area is 171 Å². The molecule has 4 N–H and O–H groups in total. The van der Waals surface area contributed by atoms with Crippen LogP contribution in [0.1, 0.15) is 40.4 Å². The number of rotatable bonds is 5. The van der Waals surface area contributed by atoms with Crippen molar-refractivity contribution in [3.05, 3.63) is 71.4 Å². The average molecular weight is 405 g/mol. The van der Waals surface area contributed by atoms with E-state index in [-0.39, 0.29) is 24.5 Å². The number of fused-ring (bicyclic) bond motifs is 2. The van der Waals surface area contributed by atoms with Gasteiger partial charge in [-0.2, -0.15) is 0 Å². The molecule has 2 aromatic carbocycles. The molecule has 8 heteroatoms. The van der Waals surface area contributed by atoms with Crippen LogP contribution in [0.2, 0.25) is 0 Å². The van der Waals surface area contributed by atoms with Crippen LogP contribution in [0.3, 0.4) is 0 Å². The summed E-state index contributed by atoms with van der Waals surface area (Å²) in [6.07, 6.45) is 1.44. The highest BCUT2D eigenvalue weighted by atomic mass is 16.4. The Balaban J connectivity index is 0.000000196. The van der Waals surface area contributed by atoms with Gasteiger partial charge in [-0.05, 0) is 30.7 Å². The van der Waals surface area contributed by atoms with Gasteiger partial charge in [0.05, 0.1) is 22.7 Å². The van der Waals surface area contributed by atoms with Gasteiger partial charge in [0.2, 0.25) is 5.91 Å². The number of aliphatic imine (C=N–C) groups is 1. The van der Waals surface area contributed by atoms with Crippen molar-refractivity contribution in [3.63, 3.8) is 0 Å². The number of benzene rings is 2. The van der Waals surface area contributed by atoms with Crippen LogP contribution in [-0.4, -0.2) is 39.2 Å². The van der Waals surface area contributed by atoms with Crippen molar-refractivity contribution in [2.75, 3.05) is 0 Å². The van der Waals surface area contributed by atoms with E-state index in [2.05, 4.69) is 9.98 Å². The summed E-state index contributed by atoms with van der Waals surface area (Å²) >= 11 is 0. The molecule has 4 rings (SSSR count). The Bertz CT molecular complexity index is 1160. The predicted octanol–water partition coefficient (Wildman–Crippen LogP) is 2.63. The maximum absolute atomic E-state index is 11.4. The van der Waals surface area contributed by atoms with Gasteiger partial charge in [0.25, 0.3) is 5.91 Å². The van der Waals surface area contributed by atoms with Crippen molar-refractivity contribution in [2.24, 2.45) is 10.7 Å². The lowest BCUT2D eigenvalue weighted by atomic mass is 9.97. The second kappa shape index (κ2) is 8.95. The number of hydrogen-bond donors (Lipinski definition) is 3. The zero-order chi connectivity index (χ0) is 21.7. The quantitative estimate of drug-likeness (QED) is 0.595. The molecule has 152 valence electrons. The number of hydrogen-bond acceptors (Lipinski definition) is 5. The molecular formula is C22H19N3O5. The summed E-state index contributed by atoms with van der Waals surface area (Å²) in [6.45, 7) is 0. The van der Waals surface area contributed by atoms with Gasteiger partial charge in [-0.25, -0.2) is 4.99 Å². The molecule has 2 amide bonds. The van der Waals surface area contributed by atoms with Gasteiger partial charge in [0.1, 0.15) is 5.75 Å². The van der Waals surface area contributed by atoms with Crippen LogP contribution in [-0.2, 0) is 9.59 Å². The molecule has 3 aromatic rings. The second-order valence-electron chi connectivity index (χ2n) is 6.62. The number of amides is 2. The van der Waals surface area contributed by atoms with Gasteiger partial charge in [-0.3, -0.25) is 19.4 Å². The van der Waals surface area contributed by atoms with E-state index in [1.807, 2.05) is 30.3 Å². The van der Waals surface area contributed by atoms with Crippen molar-refractivity contribution >= 4 is 34.9 Å². The standard InChI is InChI=1S/C14H14N2O3.C8H5NO2/c15-14(19)10(6-8-13(17)18)12-7-5-9-3-1-2-4-11(9)16-12;10-7-3-1-2-5-6(7)4-9-8(5)11/h1-5,7,10H,6,8H2,(H2,15,19)(H,17,18);1-4,10H. The molecule has 1 aliphatic rings. The average Bonchev–Trinajstić information content (AvgIpc) is 3.10. The summed E-state index contributed by atoms with van der Waals surface area (Å²) in [5.41, 5.74) is 7.62. The number of carboxylic acid groups (broad SMARTS) is 1. The van der Waals surface area contributed by atoms with Gasteiger partial charge in [0.15, 0.2) is 0 Å². The minimum atomic E-state index is -0.952. The van der Waals surface area contributed by atoms with Crippen LogP contribution in [0, 0.1) is 0 Å². The highest BCUT2D eigenvalue weighted by Crippen LogP contribution is 2.23. The monoisotopic (exact) mass is 405 g/mol. The molecule has 0 aliphatic carbocycles. The largest absolute Gasteiger partial charge is 0.507 e. The third-order valence-electron chi connectivity index (χ3n) is 4.59. The predicted molar refractivity (Wildman–Crippen MR) is 111 cm³/mol. The van der Waals surface area contributed by atoms with E-state index in [0.717, 1.165) is 10.9 Å². The van der Waals surface area contributed by atoms with Crippen molar-refractivity contribution in [3.8, 4) is 5.75 Å². The number of para-hydroxylation sites is 1. The minimum absolute atomic E-state index is 0.108. The Kier molecular flexibility index (Phi) is 6.17. The molecule has 0 radical (unpaired) electrons. The van der Waals surface area contributed by atoms with Crippen molar-refractivity contribution in [2.45, 2.75) is 18.8 Å². The van der Waals surface area contributed by atoms with Crippen molar-refractivity contribution in [1.29, 1.82) is 0 Å². The molecule has 8 nitrogen and oxygen atoms in total. The molecule has 0 fully saturated rings. The number of nitrogens with two attached hydrogens (primary N) is 1. The highest BCUT2D eigenvalue weighted by Gasteiger charge is 2.20. The molecule has 1 unspecified atom stereocenters. The molecular weight excluding hydrogens is 386 g/mol. The van der Waals surface area contributed by atoms with E-state index in [4.69, 9.17) is 10.8 Å². The van der Waals surface area contributed by atoms with Crippen LogP contribution in [0.25, 0.3) is 10.9 Å². The van der Waals surface area contributed by atoms with Gasteiger partial charge in [-0.15, -0.1) is 0 Å². The van der Waals surface area contributed by atoms with E-state index >= 15 is 0 Å². The van der Waals surface area contributed by atoms with Gasteiger partial charge < -0.3 is 15.9 Å². The fourth-order valence-electron chi connectivity index (χ4n) is 3.05. The van der Waals surface area contributed by atoms with E-state index in [0.29, 0.717) is 16.8 Å². The van der Waals surface area contributed by atoms with Gasteiger partial charge >= 0.3 is 5.97 Å². The number of phenolic OH excluding ortho intramolecular Hbond substituents is 1. The molecule has 0 spiro atoms. The molecule has 0 bridgehead atoms. The van der Waals surface area contributed by atoms with Crippen LogP contribution in [0.5, 0.6) is 5.75 Å². The maximum Gasteiger partial charge on any atom is 0.303 e. The van der Waals surface area contributed by atoms with E-state index in [1.165, 1.54) is 12.3 Å². The van der Waals surface area contributed by atoms with Crippen molar-refractivity contribution in [1.82, 2.24) is 4.98 Å². The van der Waals surface area contributed by atoms with Gasteiger partial charge in [-0.1, -0.05) is 30.3 Å². The summed E-state index contributed by atoms with van der Waals surface area (Å²) < 4.78 is 0. The normalized spacial score (nSPS) is 12.7. The summed E-state index contributed by atoms with van der Waals surface area (Å²) in [5.74, 6) is -2.34. The molecule has 1 aliphatic heterocycles. The molecule has 0 saturated heterocycles.